The zero-order valence-electron chi connectivity index (χ0n) is 17.8. The molecule has 1 atom stereocenters. The Morgan fingerprint density at radius 3 is 2.45 bits per heavy atom. The zero-order chi connectivity index (χ0) is 23.8. The molecule has 1 fully saturated rings. The number of aromatic nitrogens is 2. The van der Waals surface area contributed by atoms with Crippen LogP contribution in [0, 0.1) is 0 Å². The molecule has 0 radical (unpaired) electrons. The second kappa shape index (κ2) is 11.1. The van der Waals surface area contributed by atoms with Crippen LogP contribution in [0.1, 0.15) is 22.3 Å². The van der Waals surface area contributed by atoms with Crippen molar-refractivity contribution >= 4 is 17.9 Å². The van der Waals surface area contributed by atoms with Gasteiger partial charge in [-0.15, -0.1) is 0 Å². The molecule has 1 aliphatic heterocycles. The van der Waals surface area contributed by atoms with Crippen LogP contribution in [0.3, 0.4) is 0 Å². The smallest absolute Gasteiger partial charge is 0.410 e. The molecule has 3 amide bonds. The van der Waals surface area contributed by atoms with E-state index in [0.717, 1.165) is 11.8 Å². The molecule has 2 aromatic rings. The normalized spacial score (nSPS) is 14.8. The van der Waals surface area contributed by atoms with E-state index in [9.17, 15) is 29.1 Å². The lowest BCUT2D eigenvalue weighted by molar-refractivity contribution is -0.134. The Kier molecular flexibility index (Phi) is 7.97. The van der Waals surface area contributed by atoms with Gasteiger partial charge in [0.15, 0.2) is 0 Å². The molecular weight excluding hydrogens is 434 g/mol. The number of hydrogen-bond acceptors (Lipinski definition) is 7. The van der Waals surface area contributed by atoms with Crippen molar-refractivity contribution in [1.82, 2.24) is 25.1 Å². The number of amides is 3. The van der Waals surface area contributed by atoms with E-state index in [4.69, 9.17) is 4.74 Å². The maximum Gasteiger partial charge on any atom is 0.410 e. The van der Waals surface area contributed by atoms with E-state index in [-0.39, 0.29) is 19.7 Å². The Hall–Kier alpha value is -3.93. The van der Waals surface area contributed by atoms with Gasteiger partial charge in [-0.25, -0.2) is 9.59 Å². The molecule has 2 heterocycles. The number of ether oxygens (including phenoxy) is 1. The molecule has 176 valence electrons. The topological polar surface area (TPSA) is 165 Å². The van der Waals surface area contributed by atoms with Gasteiger partial charge in [0.2, 0.25) is 5.91 Å². The molecule has 33 heavy (non-hydrogen) atoms. The van der Waals surface area contributed by atoms with Crippen LogP contribution >= 0.6 is 0 Å². The van der Waals surface area contributed by atoms with Gasteiger partial charge in [-0.2, -0.15) is 0 Å². The number of benzene rings is 1. The van der Waals surface area contributed by atoms with E-state index >= 15 is 0 Å². The third kappa shape index (κ3) is 6.29. The Morgan fingerprint density at radius 1 is 1.06 bits per heavy atom. The summed E-state index contributed by atoms with van der Waals surface area (Å²) in [6, 6.07) is 7.97. The largest absolute Gasteiger partial charge is 0.445 e. The number of aromatic amines is 2. The summed E-state index contributed by atoms with van der Waals surface area (Å²) in [6.45, 7) is 0.565. The Labute approximate surface area is 188 Å². The van der Waals surface area contributed by atoms with Crippen LogP contribution in [0.15, 0.2) is 46.1 Å². The summed E-state index contributed by atoms with van der Waals surface area (Å²) < 4.78 is 5.34. The van der Waals surface area contributed by atoms with Crippen molar-refractivity contribution in [3.8, 4) is 0 Å². The minimum Gasteiger partial charge on any atom is -0.445 e. The average molecular weight is 459 g/mol. The molecule has 0 bridgehead atoms. The van der Waals surface area contributed by atoms with E-state index in [1.54, 1.807) is 0 Å². The molecule has 1 saturated heterocycles. The van der Waals surface area contributed by atoms with Crippen molar-refractivity contribution in [1.29, 1.82) is 0 Å². The minimum atomic E-state index is -1.29. The fraction of sp³-hybridized carbons (Fsp3) is 0.381. The summed E-state index contributed by atoms with van der Waals surface area (Å²) in [7, 11) is 0. The average Bonchev–Trinajstić information content (AvgIpc) is 3.07. The molecule has 0 spiro atoms. The van der Waals surface area contributed by atoms with E-state index in [1.165, 1.54) is 9.80 Å². The summed E-state index contributed by atoms with van der Waals surface area (Å²) in [5.74, 6) is -1.47. The molecule has 1 aliphatic rings. The predicted octanol–water partition coefficient (Wildman–Crippen LogP) is -0.975. The van der Waals surface area contributed by atoms with Gasteiger partial charge in [-0.1, -0.05) is 30.3 Å². The fourth-order valence-corrected chi connectivity index (χ4v) is 3.35. The van der Waals surface area contributed by atoms with Gasteiger partial charge in [0.25, 0.3) is 11.5 Å². The zero-order valence-corrected chi connectivity index (χ0v) is 17.8. The number of H-pyrrole nitrogens is 2. The molecular formula is C21H25N5O7. The highest BCUT2D eigenvalue weighted by atomic mass is 16.6. The van der Waals surface area contributed by atoms with Crippen molar-refractivity contribution in [2.45, 2.75) is 19.1 Å². The van der Waals surface area contributed by atoms with Crippen molar-refractivity contribution in [3.05, 3.63) is 68.5 Å². The summed E-state index contributed by atoms with van der Waals surface area (Å²) in [5.41, 5.74) is -1.23. The Morgan fingerprint density at radius 2 is 1.76 bits per heavy atom. The summed E-state index contributed by atoms with van der Waals surface area (Å²) in [5, 5.41) is 11.9. The number of nitrogens with one attached hydrogen (secondary N) is 3. The first-order valence-electron chi connectivity index (χ1n) is 10.4. The third-order valence-corrected chi connectivity index (χ3v) is 5.12. The number of aliphatic hydroxyl groups is 1. The predicted molar refractivity (Wildman–Crippen MR) is 115 cm³/mol. The summed E-state index contributed by atoms with van der Waals surface area (Å²) in [6.07, 6.45) is 0.926. The lowest BCUT2D eigenvalue weighted by Gasteiger charge is -2.26. The molecule has 4 N–H and O–H groups in total. The molecule has 12 nitrogen and oxygen atoms in total. The van der Waals surface area contributed by atoms with Crippen molar-refractivity contribution < 1.29 is 24.2 Å². The van der Waals surface area contributed by atoms with Crippen LogP contribution in [-0.4, -0.2) is 81.6 Å². The first-order chi connectivity index (χ1) is 15.9. The van der Waals surface area contributed by atoms with Crippen LogP contribution < -0.4 is 16.6 Å². The molecule has 1 aromatic carbocycles. The molecule has 1 unspecified atom stereocenters. The highest BCUT2D eigenvalue weighted by Gasteiger charge is 2.29. The van der Waals surface area contributed by atoms with E-state index in [0.29, 0.717) is 19.5 Å². The SMILES string of the molecule is O=C(NC(CO)C(=O)N1CCCN(C(=O)OCc2ccccc2)CC1)c1c[nH]c(=O)[nH]c1=O. The van der Waals surface area contributed by atoms with E-state index < -0.39 is 47.4 Å². The van der Waals surface area contributed by atoms with Gasteiger partial charge in [0.05, 0.1) is 6.61 Å². The van der Waals surface area contributed by atoms with Gasteiger partial charge in [0, 0.05) is 32.4 Å². The third-order valence-electron chi connectivity index (χ3n) is 5.12. The van der Waals surface area contributed by atoms with Gasteiger partial charge in [-0.3, -0.25) is 19.4 Å². The Bertz CT molecular complexity index is 1100. The number of carbonyl (C=O) groups is 3. The first kappa shape index (κ1) is 23.7. The van der Waals surface area contributed by atoms with E-state index in [1.807, 2.05) is 35.3 Å². The van der Waals surface area contributed by atoms with Crippen LogP contribution in [0.4, 0.5) is 4.79 Å². The number of nitrogens with zero attached hydrogens (tertiary/aromatic N) is 2. The molecule has 1 aromatic heterocycles. The molecule has 3 rings (SSSR count). The molecule has 0 aliphatic carbocycles. The maximum absolute atomic E-state index is 12.8. The second-order valence-electron chi connectivity index (χ2n) is 7.40. The molecule has 12 heteroatoms. The standard InChI is InChI=1S/C21H25N5O7/c27-12-16(23-17(28)15-11-22-20(31)24-18(15)29)19(30)25-7-4-8-26(10-9-25)21(32)33-13-14-5-2-1-3-6-14/h1-3,5-6,11,16,27H,4,7-10,12-13H2,(H,23,28)(H2,22,24,29,31). The van der Waals surface area contributed by atoms with Crippen LogP contribution in [0.5, 0.6) is 0 Å². The fourth-order valence-electron chi connectivity index (χ4n) is 3.35. The number of hydrogen-bond donors (Lipinski definition) is 4. The van der Waals surface area contributed by atoms with Crippen LogP contribution in [0.2, 0.25) is 0 Å². The summed E-state index contributed by atoms with van der Waals surface area (Å²) in [4.78, 5) is 67.5. The first-order valence-corrected chi connectivity index (χ1v) is 10.4. The van der Waals surface area contributed by atoms with Crippen molar-refractivity contribution in [3.63, 3.8) is 0 Å². The van der Waals surface area contributed by atoms with Gasteiger partial charge >= 0.3 is 11.8 Å². The Balaban J connectivity index is 1.55. The molecule has 0 saturated carbocycles. The quantitative estimate of drug-likeness (QED) is 0.431. The monoisotopic (exact) mass is 459 g/mol. The minimum absolute atomic E-state index is 0.140. The number of carbonyl (C=O) groups excluding carboxylic acids is 3. The highest BCUT2D eigenvalue weighted by Crippen LogP contribution is 2.09. The highest BCUT2D eigenvalue weighted by molar-refractivity contribution is 5.97. The lowest BCUT2D eigenvalue weighted by Crippen LogP contribution is -2.52. The van der Waals surface area contributed by atoms with Crippen molar-refractivity contribution in [2.24, 2.45) is 0 Å². The maximum atomic E-state index is 12.8. The van der Waals surface area contributed by atoms with Gasteiger partial charge < -0.3 is 29.9 Å². The second-order valence-corrected chi connectivity index (χ2v) is 7.40. The van der Waals surface area contributed by atoms with E-state index in [2.05, 4.69) is 10.3 Å². The van der Waals surface area contributed by atoms with Gasteiger partial charge in [-0.05, 0) is 12.0 Å². The van der Waals surface area contributed by atoms with Crippen LogP contribution in [-0.2, 0) is 16.1 Å². The van der Waals surface area contributed by atoms with Gasteiger partial charge in [0.1, 0.15) is 18.2 Å². The van der Waals surface area contributed by atoms with Crippen LogP contribution in [0.25, 0.3) is 0 Å². The lowest BCUT2D eigenvalue weighted by atomic mass is 10.2. The number of aliphatic hydroxyl groups excluding tert-OH is 1. The summed E-state index contributed by atoms with van der Waals surface area (Å²) >= 11 is 0. The number of rotatable bonds is 6. The van der Waals surface area contributed by atoms with Crippen molar-refractivity contribution in [2.75, 3.05) is 32.8 Å².